The van der Waals surface area contributed by atoms with Gasteiger partial charge in [-0.1, -0.05) is 12.1 Å². The van der Waals surface area contributed by atoms with Gasteiger partial charge in [0.15, 0.2) is 0 Å². The zero-order valence-electron chi connectivity index (χ0n) is 17.0. The predicted octanol–water partition coefficient (Wildman–Crippen LogP) is 1.48. The van der Waals surface area contributed by atoms with Crippen molar-refractivity contribution in [2.75, 3.05) is 12.4 Å². The minimum absolute atomic E-state index is 0.281. The molecule has 1 fully saturated rings. The van der Waals surface area contributed by atoms with Crippen LogP contribution in [0.1, 0.15) is 49.2 Å². The number of anilines is 1. The van der Waals surface area contributed by atoms with Gasteiger partial charge in [0.1, 0.15) is 6.04 Å². The van der Waals surface area contributed by atoms with Crippen LogP contribution in [-0.2, 0) is 21.5 Å². The number of hydrogen-bond acceptors (Lipinski definition) is 5. The quantitative estimate of drug-likeness (QED) is 0.676. The van der Waals surface area contributed by atoms with Gasteiger partial charge in [-0.2, -0.15) is 22.5 Å². The SMILES string of the molecule is CCn1cc([C@H]2C[C@H](C(=O)Nc3ccc([C@@H](C)O)cc3)N(C)S(=O)(=O)N2)c(C)n1. The first-order chi connectivity index (χ1) is 13.6. The molecule has 2 heterocycles. The van der Waals surface area contributed by atoms with Crippen LogP contribution < -0.4 is 10.0 Å². The second-order valence-electron chi connectivity index (χ2n) is 7.26. The highest BCUT2D eigenvalue weighted by Crippen LogP contribution is 2.30. The third-order valence-electron chi connectivity index (χ3n) is 5.22. The second kappa shape index (κ2) is 8.23. The van der Waals surface area contributed by atoms with Gasteiger partial charge in [-0.05, 0) is 44.9 Å². The Bertz CT molecular complexity index is 985. The zero-order chi connectivity index (χ0) is 21.3. The minimum atomic E-state index is -3.83. The van der Waals surface area contributed by atoms with Crippen LogP contribution in [0.4, 0.5) is 5.69 Å². The molecule has 0 radical (unpaired) electrons. The maximum absolute atomic E-state index is 12.9. The van der Waals surface area contributed by atoms with Crippen molar-refractivity contribution in [1.82, 2.24) is 18.8 Å². The maximum atomic E-state index is 12.9. The van der Waals surface area contributed by atoms with Gasteiger partial charge in [-0.3, -0.25) is 9.48 Å². The van der Waals surface area contributed by atoms with Crippen LogP contribution in [0.2, 0.25) is 0 Å². The van der Waals surface area contributed by atoms with E-state index in [1.54, 1.807) is 35.9 Å². The van der Waals surface area contributed by atoms with Crippen LogP contribution in [0.15, 0.2) is 30.5 Å². The van der Waals surface area contributed by atoms with Gasteiger partial charge in [-0.25, -0.2) is 0 Å². The monoisotopic (exact) mass is 421 g/mol. The van der Waals surface area contributed by atoms with E-state index < -0.39 is 34.3 Å². The molecule has 1 amide bonds. The normalized spacial score (nSPS) is 22.9. The summed E-state index contributed by atoms with van der Waals surface area (Å²) in [6.07, 6.45) is 1.50. The molecule has 1 aromatic carbocycles. The lowest BCUT2D eigenvalue weighted by Gasteiger charge is -2.36. The summed E-state index contributed by atoms with van der Waals surface area (Å²) >= 11 is 0. The van der Waals surface area contributed by atoms with Crippen LogP contribution in [0.25, 0.3) is 0 Å². The molecule has 2 aromatic rings. The molecule has 1 saturated heterocycles. The van der Waals surface area contributed by atoms with Crippen molar-refractivity contribution in [1.29, 1.82) is 0 Å². The van der Waals surface area contributed by atoms with Crippen molar-refractivity contribution in [3.8, 4) is 0 Å². The number of nitrogens with one attached hydrogen (secondary N) is 2. The number of aliphatic hydroxyl groups excluding tert-OH is 1. The van der Waals surface area contributed by atoms with E-state index in [0.717, 1.165) is 21.1 Å². The number of carbonyl (C=O) groups is 1. The molecule has 158 valence electrons. The Labute approximate surface area is 170 Å². The van der Waals surface area contributed by atoms with E-state index in [1.165, 1.54) is 7.05 Å². The molecular weight excluding hydrogens is 394 g/mol. The number of aryl methyl sites for hydroxylation is 2. The van der Waals surface area contributed by atoms with Crippen molar-refractivity contribution >= 4 is 21.8 Å². The van der Waals surface area contributed by atoms with Gasteiger partial charge >= 0.3 is 0 Å². The summed E-state index contributed by atoms with van der Waals surface area (Å²) in [5.41, 5.74) is 2.77. The topological polar surface area (TPSA) is 117 Å². The fourth-order valence-corrected chi connectivity index (χ4v) is 4.69. The van der Waals surface area contributed by atoms with Crippen LogP contribution >= 0.6 is 0 Å². The van der Waals surface area contributed by atoms with Crippen LogP contribution in [0.5, 0.6) is 0 Å². The first kappa shape index (κ1) is 21.4. The molecule has 3 rings (SSSR count). The van der Waals surface area contributed by atoms with E-state index in [2.05, 4.69) is 15.1 Å². The molecule has 0 bridgehead atoms. The molecule has 3 atom stereocenters. The number of aliphatic hydroxyl groups is 1. The fourth-order valence-electron chi connectivity index (χ4n) is 3.42. The van der Waals surface area contributed by atoms with Crippen LogP contribution in [0.3, 0.4) is 0 Å². The number of amides is 1. The molecule has 3 N–H and O–H groups in total. The number of rotatable bonds is 5. The largest absolute Gasteiger partial charge is 0.389 e. The van der Waals surface area contributed by atoms with Crippen molar-refractivity contribution in [3.05, 3.63) is 47.3 Å². The Balaban J connectivity index is 1.82. The summed E-state index contributed by atoms with van der Waals surface area (Å²) < 4.78 is 30.7. The number of hydrogen-bond donors (Lipinski definition) is 3. The Kier molecular flexibility index (Phi) is 6.08. The molecule has 0 aliphatic carbocycles. The molecule has 0 saturated carbocycles. The summed E-state index contributed by atoms with van der Waals surface area (Å²) in [5, 5.41) is 16.7. The van der Waals surface area contributed by atoms with Crippen LogP contribution in [-0.4, -0.2) is 46.6 Å². The molecule has 10 heteroatoms. The van der Waals surface area contributed by atoms with E-state index >= 15 is 0 Å². The van der Waals surface area contributed by atoms with Gasteiger partial charge in [0, 0.05) is 31.0 Å². The van der Waals surface area contributed by atoms with E-state index in [0.29, 0.717) is 12.2 Å². The average Bonchev–Trinajstić information content (AvgIpc) is 3.05. The van der Waals surface area contributed by atoms with Gasteiger partial charge in [0.2, 0.25) is 5.91 Å². The highest BCUT2D eigenvalue weighted by molar-refractivity contribution is 7.87. The molecule has 1 aliphatic rings. The molecular formula is C19H27N5O4S. The fraction of sp³-hybridized carbons (Fsp3) is 0.474. The Morgan fingerprint density at radius 3 is 2.59 bits per heavy atom. The smallest absolute Gasteiger partial charge is 0.280 e. The summed E-state index contributed by atoms with van der Waals surface area (Å²) in [6, 6.07) is 5.39. The lowest BCUT2D eigenvalue weighted by atomic mass is 10.00. The molecule has 29 heavy (non-hydrogen) atoms. The van der Waals surface area contributed by atoms with Crippen molar-refractivity contribution in [3.63, 3.8) is 0 Å². The van der Waals surface area contributed by atoms with E-state index in [-0.39, 0.29) is 6.42 Å². The molecule has 1 aromatic heterocycles. The average molecular weight is 422 g/mol. The number of aromatic nitrogens is 2. The first-order valence-electron chi connectivity index (χ1n) is 9.50. The Morgan fingerprint density at radius 1 is 1.38 bits per heavy atom. The van der Waals surface area contributed by atoms with Crippen molar-refractivity contribution in [2.45, 2.75) is 51.9 Å². The number of nitrogens with zero attached hydrogens (tertiary/aromatic N) is 3. The first-order valence-corrected chi connectivity index (χ1v) is 10.9. The third-order valence-corrected chi connectivity index (χ3v) is 6.81. The van der Waals surface area contributed by atoms with Crippen LogP contribution in [0, 0.1) is 6.92 Å². The molecule has 0 unspecified atom stereocenters. The van der Waals surface area contributed by atoms with E-state index in [4.69, 9.17) is 0 Å². The summed E-state index contributed by atoms with van der Waals surface area (Å²) in [4.78, 5) is 12.9. The standard InChI is InChI=1S/C19H27N5O4S/c1-5-24-11-16(12(2)21-24)17-10-18(23(4)29(27,28)22-17)19(26)20-15-8-6-14(7-9-15)13(3)25/h6-9,11,13,17-18,22,25H,5,10H2,1-4H3,(H,20,26)/t13-,17-,18-/m1/s1. The van der Waals surface area contributed by atoms with Gasteiger partial charge in [0.05, 0.1) is 17.8 Å². The number of likely N-dealkylation sites (N-methyl/N-ethyl adjacent to an activating group) is 1. The van der Waals surface area contributed by atoms with E-state index in [9.17, 15) is 18.3 Å². The lowest BCUT2D eigenvalue weighted by Crippen LogP contribution is -2.56. The molecule has 0 spiro atoms. The second-order valence-corrected chi connectivity index (χ2v) is 9.02. The highest BCUT2D eigenvalue weighted by Gasteiger charge is 2.41. The van der Waals surface area contributed by atoms with Gasteiger partial charge in [0.25, 0.3) is 10.2 Å². The Hall–Kier alpha value is -2.27. The predicted molar refractivity (Wildman–Crippen MR) is 109 cm³/mol. The van der Waals surface area contributed by atoms with Gasteiger partial charge in [-0.15, -0.1) is 0 Å². The zero-order valence-corrected chi connectivity index (χ0v) is 17.8. The number of carbonyl (C=O) groups excluding carboxylic acids is 1. The highest BCUT2D eigenvalue weighted by atomic mass is 32.2. The summed E-state index contributed by atoms with van der Waals surface area (Å²) in [5.74, 6) is -0.409. The van der Waals surface area contributed by atoms with E-state index in [1.807, 2.05) is 20.0 Å². The van der Waals surface area contributed by atoms with Crippen molar-refractivity contribution < 1.29 is 18.3 Å². The molecule has 9 nitrogen and oxygen atoms in total. The third kappa shape index (κ3) is 4.50. The Morgan fingerprint density at radius 2 is 2.03 bits per heavy atom. The summed E-state index contributed by atoms with van der Waals surface area (Å²) in [6.45, 7) is 6.11. The molecule has 1 aliphatic heterocycles. The number of benzene rings is 1. The minimum Gasteiger partial charge on any atom is -0.389 e. The van der Waals surface area contributed by atoms with Crippen molar-refractivity contribution in [2.24, 2.45) is 0 Å². The summed E-state index contributed by atoms with van der Waals surface area (Å²) in [7, 11) is -2.43. The van der Waals surface area contributed by atoms with Gasteiger partial charge < -0.3 is 10.4 Å². The lowest BCUT2D eigenvalue weighted by molar-refractivity contribution is -0.120. The maximum Gasteiger partial charge on any atom is 0.280 e.